The molecule has 3 nitrogen and oxygen atoms in total. The van der Waals surface area contributed by atoms with Gasteiger partial charge in [-0.1, -0.05) is 57.9 Å². The smallest absolute Gasteiger partial charge is 0.262 e. The van der Waals surface area contributed by atoms with Crippen molar-refractivity contribution in [3.63, 3.8) is 0 Å². The van der Waals surface area contributed by atoms with Crippen LogP contribution in [-0.4, -0.2) is 5.91 Å². The fraction of sp³-hybridized carbons (Fsp3) is 0.0952. The molecule has 1 aliphatic rings. The molecular formula is C21H17BrN2O. The van der Waals surface area contributed by atoms with Gasteiger partial charge in [-0.3, -0.25) is 9.69 Å². The van der Waals surface area contributed by atoms with Gasteiger partial charge in [-0.2, -0.15) is 0 Å². The van der Waals surface area contributed by atoms with Gasteiger partial charge < -0.3 is 5.32 Å². The van der Waals surface area contributed by atoms with Crippen LogP contribution in [0, 0.1) is 6.92 Å². The van der Waals surface area contributed by atoms with Crippen LogP contribution in [0.15, 0.2) is 77.3 Å². The van der Waals surface area contributed by atoms with Crippen molar-refractivity contribution in [1.82, 2.24) is 0 Å². The van der Waals surface area contributed by atoms with E-state index in [0.29, 0.717) is 5.56 Å². The molecule has 3 aromatic carbocycles. The van der Waals surface area contributed by atoms with Gasteiger partial charge in [-0.05, 0) is 48.9 Å². The summed E-state index contributed by atoms with van der Waals surface area (Å²) in [6.45, 7) is 2.06. The molecule has 0 aromatic heterocycles. The molecule has 1 atom stereocenters. The van der Waals surface area contributed by atoms with E-state index in [9.17, 15) is 4.79 Å². The van der Waals surface area contributed by atoms with Gasteiger partial charge in [0.2, 0.25) is 0 Å². The van der Waals surface area contributed by atoms with Gasteiger partial charge in [-0.15, -0.1) is 0 Å². The monoisotopic (exact) mass is 392 g/mol. The molecule has 1 N–H and O–H groups in total. The summed E-state index contributed by atoms with van der Waals surface area (Å²) in [5.41, 5.74) is 4.67. The SMILES string of the molecule is Cc1ccc(C2Nc3ccccc3C(=O)N2c2ccc(Br)cc2)cc1. The second-order valence-corrected chi connectivity index (χ2v) is 7.07. The molecule has 1 amide bonds. The van der Waals surface area contributed by atoms with Gasteiger partial charge in [0.25, 0.3) is 5.91 Å². The zero-order valence-corrected chi connectivity index (χ0v) is 15.3. The molecule has 0 saturated carbocycles. The first-order valence-electron chi connectivity index (χ1n) is 8.15. The highest BCUT2D eigenvalue weighted by atomic mass is 79.9. The van der Waals surface area contributed by atoms with Gasteiger partial charge in [0.15, 0.2) is 0 Å². The molecule has 25 heavy (non-hydrogen) atoms. The lowest BCUT2D eigenvalue weighted by Crippen LogP contribution is -2.43. The zero-order valence-electron chi connectivity index (χ0n) is 13.7. The number of rotatable bonds is 2. The number of nitrogens with one attached hydrogen (secondary N) is 1. The Hall–Kier alpha value is -2.59. The van der Waals surface area contributed by atoms with E-state index in [0.717, 1.165) is 21.4 Å². The van der Waals surface area contributed by atoms with Crippen LogP contribution in [0.25, 0.3) is 0 Å². The van der Waals surface area contributed by atoms with Crippen LogP contribution < -0.4 is 10.2 Å². The molecule has 0 fully saturated rings. The fourth-order valence-electron chi connectivity index (χ4n) is 3.10. The van der Waals surface area contributed by atoms with Crippen LogP contribution in [0.1, 0.15) is 27.7 Å². The fourth-order valence-corrected chi connectivity index (χ4v) is 3.37. The maximum absolute atomic E-state index is 13.2. The van der Waals surface area contributed by atoms with E-state index in [1.165, 1.54) is 5.56 Å². The second kappa shape index (κ2) is 6.37. The van der Waals surface area contributed by atoms with Crippen LogP contribution in [0.5, 0.6) is 0 Å². The van der Waals surface area contributed by atoms with Gasteiger partial charge in [0.05, 0.1) is 5.56 Å². The van der Waals surface area contributed by atoms with E-state index in [1.807, 2.05) is 53.4 Å². The Balaban J connectivity index is 1.85. The molecular weight excluding hydrogens is 376 g/mol. The minimum atomic E-state index is -0.246. The molecule has 1 heterocycles. The van der Waals surface area contributed by atoms with Crippen molar-refractivity contribution in [2.24, 2.45) is 0 Å². The first kappa shape index (κ1) is 15.9. The van der Waals surface area contributed by atoms with Crippen LogP contribution in [-0.2, 0) is 0 Å². The minimum Gasteiger partial charge on any atom is -0.360 e. The summed E-state index contributed by atoms with van der Waals surface area (Å²) < 4.78 is 0.987. The molecule has 0 aliphatic carbocycles. The van der Waals surface area contributed by atoms with Crippen molar-refractivity contribution in [1.29, 1.82) is 0 Å². The Morgan fingerprint density at radius 1 is 0.920 bits per heavy atom. The predicted molar refractivity (Wildman–Crippen MR) is 105 cm³/mol. The van der Waals surface area contributed by atoms with Crippen molar-refractivity contribution in [2.45, 2.75) is 13.1 Å². The number of benzene rings is 3. The van der Waals surface area contributed by atoms with Crippen LogP contribution in [0.2, 0.25) is 0 Å². The summed E-state index contributed by atoms with van der Waals surface area (Å²) >= 11 is 3.46. The molecule has 124 valence electrons. The van der Waals surface area contributed by atoms with Crippen molar-refractivity contribution in [2.75, 3.05) is 10.2 Å². The van der Waals surface area contributed by atoms with E-state index in [2.05, 4.69) is 52.4 Å². The third-order valence-electron chi connectivity index (χ3n) is 4.42. The maximum Gasteiger partial charge on any atom is 0.262 e. The summed E-state index contributed by atoms with van der Waals surface area (Å²) in [6, 6.07) is 23.8. The summed E-state index contributed by atoms with van der Waals surface area (Å²) in [4.78, 5) is 15.0. The summed E-state index contributed by atoms with van der Waals surface area (Å²) in [5, 5.41) is 3.52. The highest BCUT2D eigenvalue weighted by molar-refractivity contribution is 9.10. The lowest BCUT2D eigenvalue weighted by atomic mass is 10.0. The third-order valence-corrected chi connectivity index (χ3v) is 4.95. The number of aryl methyl sites for hydroxylation is 1. The Bertz CT molecular complexity index is 919. The molecule has 4 rings (SSSR count). The average Bonchev–Trinajstić information content (AvgIpc) is 2.63. The van der Waals surface area contributed by atoms with Crippen molar-refractivity contribution < 1.29 is 4.79 Å². The maximum atomic E-state index is 13.2. The van der Waals surface area contributed by atoms with Crippen molar-refractivity contribution >= 4 is 33.2 Å². The van der Waals surface area contributed by atoms with E-state index in [1.54, 1.807) is 0 Å². The highest BCUT2D eigenvalue weighted by Gasteiger charge is 2.33. The number of fused-ring (bicyclic) bond motifs is 1. The molecule has 1 aliphatic heterocycles. The lowest BCUT2D eigenvalue weighted by molar-refractivity contribution is 0.0975. The Kier molecular flexibility index (Phi) is 4.06. The van der Waals surface area contributed by atoms with Gasteiger partial charge >= 0.3 is 0 Å². The topological polar surface area (TPSA) is 32.3 Å². The molecule has 0 radical (unpaired) electrons. The number of hydrogen-bond donors (Lipinski definition) is 1. The van der Waals surface area contributed by atoms with E-state index < -0.39 is 0 Å². The molecule has 4 heteroatoms. The standard InChI is InChI=1S/C21H17BrN2O/c1-14-6-8-15(9-7-14)20-23-19-5-3-2-4-18(19)21(25)24(20)17-12-10-16(22)11-13-17/h2-13,20,23H,1H3. The summed E-state index contributed by atoms with van der Waals surface area (Å²) in [5.74, 6) is 0.00208. The lowest BCUT2D eigenvalue weighted by Gasteiger charge is -2.38. The highest BCUT2D eigenvalue weighted by Crippen LogP contribution is 2.36. The zero-order chi connectivity index (χ0) is 17.4. The Morgan fingerprint density at radius 2 is 1.60 bits per heavy atom. The predicted octanol–water partition coefficient (Wildman–Crippen LogP) is 5.53. The van der Waals surface area contributed by atoms with E-state index in [4.69, 9.17) is 0 Å². The number of carbonyl (C=O) groups is 1. The number of carbonyl (C=O) groups excluding carboxylic acids is 1. The first-order chi connectivity index (χ1) is 12.1. The normalized spacial score (nSPS) is 16.3. The summed E-state index contributed by atoms with van der Waals surface area (Å²) in [6.07, 6.45) is -0.246. The van der Waals surface area contributed by atoms with E-state index in [-0.39, 0.29) is 12.1 Å². The molecule has 0 bridgehead atoms. The Labute approximate surface area is 155 Å². The number of anilines is 2. The Morgan fingerprint density at radius 3 is 2.32 bits per heavy atom. The van der Waals surface area contributed by atoms with Crippen LogP contribution in [0.3, 0.4) is 0 Å². The van der Waals surface area contributed by atoms with Gasteiger partial charge in [0.1, 0.15) is 6.17 Å². The first-order valence-corrected chi connectivity index (χ1v) is 8.94. The van der Waals surface area contributed by atoms with Crippen molar-refractivity contribution in [3.05, 3.63) is 94.0 Å². The molecule has 1 unspecified atom stereocenters. The summed E-state index contributed by atoms with van der Waals surface area (Å²) in [7, 11) is 0. The largest absolute Gasteiger partial charge is 0.360 e. The number of amides is 1. The van der Waals surface area contributed by atoms with E-state index >= 15 is 0 Å². The quantitative estimate of drug-likeness (QED) is 0.621. The molecule has 0 spiro atoms. The molecule has 0 saturated heterocycles. The molecule has 3 aromatic rings. The number of hydrogen-bond acceptors (Lipinski definition) is 2. The van der Waals surface area contributed by atoms with Crippen molar-refractivity contribution in [3.8, 4) is 0 Å². The van der Waals surface area contributed by atoms with Gasteiger partial charge in [-0.25, -0.2) is 0 Å². The number of para-hydroxylation sites is 1. The third kappa shape index (κ3) is 2.94. The second-order valence-electron chi connectivity index (χ2n) is 6.15. The number of halogens is 1. The number of nitrogens with zero attached hydrogens (tertiary/aromatic N) is 1. The van der Waals surface area contributed by atoms with Crippen LogP contribution >= 0.6 is 15.9 Å². The van der Waals surface area contributed by atoms with Gasteiger partial charge in [0, 0.05) is 15.8 Å². The average molecular weight is 393 g/mol. The van der Waals surface area contributed by atoms with Crippen LogP contribution in [0.4, 0.5) is 11.4 Å². The minimum absolute atomic E-state index is 0.00208.